The zero-order chi connectivity index (χ0) is 17.7. The van der Waals surface area contributed by atoms with Crippen LogP contribution in [0.1, 0.15) is 16.2 Å². The zero-order valence-corrected chi connectivity index (χ0v) is 15.3. The van der Waals surface area contributed by atoms with E-state index in [-0.39, 0.29) is 5.91 Å². The summed E-state index contributed by atoms with van der Waals surface area (Å²) in [6, 6.07) is 7.80. The fourth-order valence-electron chi connectivity index (χ4n) is 3.36. The van der Waals surface area contributed by atoms with Gasteiger partial charge in [-0.2, -0.15) is 5.10 Å². The molecule has 130 valence electrons. The van der Waals surface area contributed by atoms with Crippen LogP contribution in [0.15, 0.2) is 58.1 Å². The van der Waals surface area contributed by atoms with E-state index in [1.54, 1.807) is 35.5 Å². The molecule has 0 saturated heterocycles. The molecule has 0 aromatic carbocycles. The highest BCUT2D eigenvalue weighted by Gasteiger charge is 2.25. The lowest BCUT2D eigenvalue weighted by Gasteiger charge is -2.29. The van der Waals surface area contributed by atoms with Crippen molar-refractivity contribution in [3.05, 3.63) is 65.0 Å². The van der Waals surface area contributed by atoms with E-state index in [2.05, 4.69) is 42.7 Å². The van der Waals surface area contributed by atoms with Gasteiger partial charge in [-0.3, -0.25) is 4.79 Å². The van der Waals surface area contributed by atoms with Gasteiger partial charge in [0.1, 0.15) is 0 Å². The Morgan fingerprint density at radius 1 is 1.23 bits per heavy atom. The third kappa shape index (κ3) is 2.45. The first-order chi connectivity index (χ1) is 12.7. The molecule has 0 radical (unpaired) electrons. The van der Waals surface area contributed by atoms with Crippen LogP contribution in [0.25, 0.3) is 16.9 Å². The summed E-state index contributed by atoms with van der Waals surface area (Å²) in [4.78, 5) is 19.0. The summed E-state index contributed by atoms with van der Waals surface area (Å²) in [6.45, 7) is 1.93. The van der Waals surface area contributed by atoms with Crippen LogP contribution < -0.4 is 0 Å². The number of halogens is 1. The summed E-state index contributed by atoms with van der Waals surface area (Å²) in [7, 11) is 0. The van der Waals surface area contributed by atoms with Crippen molar-refractivity contribution in [1.82, 2.24) is 24.1 Å². The second-order valence-electron chi connectivity index (χ2n) is 6.20. The van der Waals surface area contributed by atoms with Crippen molar-refractivity contribution in [3.63, 3.8) is 0 Å². The van der Waals surface area contributed by atoms with Crippen LogP contribution >= 0.6 is 15.9 Å². The van der Waals surface area contributed by atoms with Gasteiger partial charge >= 0.3 is 0 Å². The summed E-state index contributed by atoms with van der Waals surface area (Å²) in [5.74, 6) is -0.0797. The molecule has 26 heavy (non-hydrogen) atoms. The quantitative estimate of drug-likeness (QED) is 0.507. The maximum Gasteiger partial charge on any atom is 0.274 e. The minimum absolute atomic E-state index is 0.0797. The van der Waals surface area contributed by atoms with E-state index in [0.717, 1.165) is 28.0 Å². The fourth-order valence-corrected chi connectivity index (χ4v) is 3.66. The lowest BCUT2D eigenvalue weighted by Crippen LogP contribution is -2.38. The molecule has 0 aliphatic carbocycles. The molecule has 0 atom stereocenters. The van der Waals surface area contributed by atoms with Crippen LogP contribution in [0.3, 0.4) is 0 Å². The Hall–Kier alpha value is -2.87. The van der Waals surface area contributed by atoms with E-state index < -0.39 is 0 Å². The second-order valence-corrected chi connectivity index (χ2v) is 7.12. The lowest BCUT2D eigenvalue weighted by atomic mass is 10.2. The number of fused-ring (bicyclic) bond motifs is 2. The smallest absolute Gasteiger partial charge is 0.274 e. The van der Waals surface area contributed by atoms with Gasteiger partial charge in [-0.15, -0.1) is 0 Å². The van der Waals surface area contributed by atoms with Crippen LogP contribution in [-0.2, 0) is 13.1 Å². The maximum atomic E-state index is 12.9. The van der Waals surface area contributed by atoms with Gasteiger partial charge in [0.2, 0.25) is 0 Å². The standard InChI is InChI=1S/C18H14BrN5O2/c19-13-8-20-17-7-15(21-24(17)9-13)18(25)22-4-5-23-14(10-22)1-2-16(23)12-3-6-26-11-12/h1-3,6-9,11H,4-5,10H2. The van der Waals surface area contributed by atoms with Crippen molar-refractivity contribution in [2.45, 2.75) is 13.1 Å². The second kappa shape index (κ2) is 5.84. The van der Waals surface area contributed by atoms with Gasteiger partial charge < -0.3 is 13.9 Å². The van der Waals surface area contributed by atoms with Gasteiger partial charge in [0.05, 0.1) is 29.2 Å². The molecule has 8 heteroatoms. The lowest BCUT2D eigenvalue weighted by molar-refractivity contribution is 0.0705. The van der Waals surface area contributed by atoms with Crippen LogP contribution in [0.5, 0.6) is 0 Å². The number of amides is 1. The van der Waals surface area contributed by atoms with E-state index in [1.807, 2.05) is 11.0 Å². The summed E-state index contributed by atoms with van der Waals surface area (Å²) in [6.07, 6.45) is 6.89. The van der Waals surface area contributed by atoms with Gasteiger partial charge in [0.25, 0.3) is 5.91 Å². The van der Waals surface area contributed by atoms with Gasteiger partial charge in [-0.05, 0) is 34.1 Å². The molecule has 0 spiro atoms. The Morgan fingerprint density at radius 3 is 3.00 bits per heavy atom. The molecular formula is C18H14BrN5O2. The number of carbonyl (C=O) groups excluding carboxylic acids is 1. The average Bonchev–Trinajstić information content (AvgIpc) is 3.38. The van der Waals surface area contributed by atoms with Crippen LogP contribution in [0.2, 0.25) is 0 Å². The van der Waals surface area contributed by atoms with E-state index >= 15 is 0 Å². The van der Waals surface area contributed by atoms with E-state index in [4.69, 9.17) is 4.42 Å². The minimum atomic E-state index is -0.0797. The highest BCUT2D eigenvalue weighted by molar-refractivity contribution is 9.10. The van der Waals surface area contributed by atoms with Crippen molar-refractivity contribution < 1.29 is 9.21 Å². The first-order valence-corrected chi connectivity index (χ1v) is 8.99. The largest absolute Gasteiger partial charge is 0.472 e. The summed E-state index contributed by atoms with van der Waals surface area (Å²) < 4.78 is 9.85. The molecule has 4 aromatic rings. The monoisotopic (exact) mass is 411 g/mol. The number of hydrogen-bond acceptors (Lipinski definition) is 4. The third-order valence-electron chi connectivity index (χ3n) is 4.62. The Kier molecular flexibility index (Phi) is 3.46. The normalized spacial score (nSPS) is 14.0. The zero-order valence-electron chi connectivity index (χ0n) is 13.7. The predicted octanol–water partition coefficient (Wildman–Crippen LogP) is 3.21. The molecule has 0 fully saturated rings. The topological polar surface area (TPSA) is 68.6 Å². The Labute approximate surface area is 157 Å². The predicted molar refractivity (Wildman–Crippen MR) is 97.6 cm³/mol. The first kappa shape index (κ1) is 15.4. The SMILES string of the molecule is O=C(c1cc2ncc(Br)cn2n1)N1CCn2c(ccc2-c2ccoc2)C1. The molecule has 5 heterocycles. The van der Waals surface area contributed by atoms with Crippen LogP contribution in [-0.4, -0.2) is 36.5 Å². The summed E-state index contributed by atoms with van der Waals surface area (Å²) >= 11 is 3.36. The highest BCUT2D eigenvalue weighted by atomic mass is 79.9. The first-order valence-electron chi connectivity index (χ1n) is 8.20. The van der Waals surface area contributed by atoms with Crippen molar-refractivity contribution in [2.24, 2.45) is 0 Å². The Balaban J connectivity index is 1.42. The summed E-state index contributed by atoms with van der Waals surface area (Å²) in [5, 5.41) is 4.36. The van der Waals surface area contributed by atoms with Gasteiger partial charge in [0, 0.05) is 42.8 Å². The molecule has 1 aliphatic heterocycles. The molecule has 1 amide bonds. The number of aromatic nitrogens is 4. The maximum absolute atomic E-state index is 12.9. The molecule has 0 unspecified atom stereocenters. The highest BCUT2D eigenvalue weighted by Crippen LogP contribution is 2.26. The molecular weight excluding hydrogens is 398 g/mol. The Bertz CT molecular complexity index is 1110. The van der Waals surface area contributed by atoms with Gasteiger partial charge in [-0.1, -0.05) is 0 Å². The van der Waals surface area contributed by atoms with E-state index in [9.17, 15) is 4.79 Å². The number of furan rings is 1. The minimum Gasteiger partial charge on any atom is -0.472 e. The molecule has 0 N–H and O–H groups in total. The fraction of sp³-hybridized carbons (Fsp3) is 0.167. The molecule has 1 aliphatic rings. The Morgan fingerprint density at radius 2 is 2.15 bits per heavy atom. The van der Waals surface area contributed by atoms with Crippen molar-refractivity contribution in [2.75, 3.05) is 6.54 Å². The molecule has 7 nitrogen and oxygen atoms in total. The molecule has 4 aromatic heterocycles. The van der Waals surface area contributed by atoms with Crippen molar-refractivity contribution >= 4 is 27.5 Å². The van der Waals surface area contributed by atoms with E-state index in [1.165, 1.54) is 0 Å². The number of rotatable bonds is 2. The third-order valence-corrected chi connectivity index (χ3v) is 5.03. The van der Waals surface area contributed by atoms with Crippen molar-refractivity contribution in [1.29, 1.82) is 0 Å². The molecule has 5 rings (SSSR count). The average molecular weight is 412 g/mol. The van der Waals surface area contributed by atoms with Crippen LogP contribution in [0, 0.1) is 0 Å². The molecule has 0 saturated carbocycles. The summed E-state index contributed by atoms with van der Waals surface area (Å²) in [5.41, 5.74) is 4.32. The number of nitrogens with zero attached hydrogens (tertiary/aromatic N) is 5. The number of hydrogen-bond donors (Lipinski definition) is 0. The molecule has 0 bridgehead atoms. The number of carbonyl (C=O) groups is 1. The van der Waals surface area contributed by atoms with Crippen molar-refractivity contribution in [3.8, 4) is 11.3 Å². The van der Waals surface area contributed by atoms with Crippen LogP contribution in [0.4, 0.5) is 0 Å². The van der Waals surface area contributed by atoms with Gasteiger partial charge in [-0.25, -0.2) is 9.50 Å². The van der Waals surface area contributed by atoms with E-state index in [0.29, 0.717) is 24.4 Å². The van der Waals surface area contributed by atoms with Gasteiger partial charge in [0.15, 0.2) is 11.3 Å².